The first-order valence-electron chi connectivity index (χ1n) is 4.26. The second kappa shape index (κ2) is 2.80. The monoisotopic (exact) mass is 178 g/mol. The summed E-state index contributed by atoms with van der Waals surface area (Å²) >= 11 is 0. The van der Waals surface area contributed by atoms with Gasteiger partial charge in [0.1, 0.15) is 11.7 Å². The molecule has 1 N–H and O–H groups in total. The molecule has 1 aliphatic carbocycles. The van der Waals surface area contributed by atoms with Gasteiger partial charge in [-0.1, -0.05) is 6.42 Å². The molecule has 13 heavy (non-hydrogen) atoms. The topological polar surface area (TPSA) is 63.1 Å². The average Bonchev–Trinajstić information content (AvgIpc) is 2.03. The smallest absolute Gasteiger partial charge is 0.315 e. The van der Waals surface area contributed by atoms with Gasteiger partial charge in [0.15, 0.2) is 0 Å². The second-order valence-corrected chi connectivity index (χ2v) is 3.34. The molecule has 0 saturated heterocycles. The lowest BCUT2D eigenvalue weighted by atomic mass is 9.66. The van der Waals surface area contributed by atoms with Gasteiger partial charge in [-0.05, 0) is 18.9 Å². The van der Waals surface area contributed by atoms with Crippen LogP contribution in [0.3, 0.4) is 0 Å². The molecule has 0 unspecified atom stereocenters. The van der Waals surface area contributed by atoms with Crippen molar-refractivity contribution >= 4 is 5.97 Å². The third-order valence-electron chi connectivity index (χ3n) is 2.69. The molecular weight excluding hydrogens is 168 g/mol. The molecule has 0 bridgehead atoms. The summed E-state index contributed by atoms with van der Waals surface area (Å²) in [7, 11) is 0. The van der Waals surface area contributed by atoms with E-state index < -0.39 is 11.4 Å². The van der Waals surface area contributed by atoms with E-state index in [1.54, 1.807) is 12.3 Å². The molecule has 0 radical (unpaired) electrons. The van der Waals surface area contributed by atoms with Gasteiger partial charge in [-0.3, -0.25) is 4.79 Å². The highest BCUT2D eigenvalue weighted by atomic mass is 16.4. The molecule has 0 amide bonds. The van der Waals surface area contributed by atoms with E-state index in [0.29, 0.717) is 18.5 Å². The summed E-state index contributed by atoms with van der Waals surface area (Å²) in [4.78, 5) is 18.8. The van der Waals surface area contributed by atoms with Crippen molar-refractivity contribution in [2.24, 2.45) is 0 Å². The molecule has 1 heterocycles. The van der Waals surface area contributed by atoms with Crippen molar-refractivity contribution in [2.45, 2.75) is 24.7 Å². The molecule has 1 saturated carbocycles. The standard InChI is InChI=1S/C9H10N2O2/c12-8(13)9(3-1-4-9)7-2-5-10-6-11-7/h2,5-6H,1,3-4H2,(H,12,13). The number of hydrogen-bond acceptors (Lipinski definition) is 3. The fraction of sp³-hybridized carbons (Fsp3) is 0.444. The van der Waals surface area contributed by atoms with E-state index in [0.717, 1.165) is 6.42 Å². The number of carbonyl (C=O) groups is 1. The lowest BCUT2D eigenvalue weighted by Gasteiger charge is -2.36. The zero-order chi connectivity index (χ0) is 9.31. The van der Waals surface area contributed by atoms with Crippen LogP contribution in [0.15, 0.2) is 18.6 Å². The molecule has 0 spiro atoms. The Morgan fingerprint density at radius 1 is 1.54 bits per heavy atom. The maximum atomic E-state index is 11.0. The first-order chi connectivity index (χ1) is 6.26. The fourth-order valence-electron chi connectivity index (χ4n) is 1.68. The zero-order valence-corrected chi connectivity index (χ0v) is 7.10. The summed E-state index contributed by atoms with van der Waals surface area (Å²) in [5, 5.41) is 9.08. The summed E-state index contributed by atoms with van der Waals surface area (Å²) in [6, 6.07) is 1.69. The molecule has 1 fully saturated rings. The molecule has 4 nitrogen and oxygen atoms in total. The Morgan fingerprint density at radius 3 is 2.69 bits per heavy atom. The third-order valence-corrected chi connectivity index (χ3v) is 2.69. The summed E-state index contributed by atoms with van der Waals surface area (Å²) in [6.07, 6.45) is 5.35. The van der Waals surface area contributed by atoms with Crippen LogP contribution in [0.1, 0.15) is 25.0 Å². The van der Waals surface area contributed by atoms with E-state index in [2.05, 4.69) is 9.97 Å². The van der Waals surface area contributed by atoms with Gasteiger partial charge in [0, 0.05) is 6.20 Å². The number of hydrogen-bond donors (Lipinski definition) is 1. The molecule has 0 aliphatic heterocycles. The van der Waals surface area contributed by atoms with E-state index in [-0.39, 0.29) is 0 Å². The van der Waals surface area contributed by atoms with Gasteiger partial charge in [-0.25, -0.2) is 9.97 Å². The first-order valence-corrected chi connectivity index (χ1v) is 4.26. The molecular formula is C9H10N2O2. The van der Waals surface area contributed by atoms with Gasteiger partial charge in [0.2, 0.25) is 0 Å². The van der Waals surface area contributed by atoms with Crippen molar-refractivity contribution in [3.63, 3.8) is 0 Å². The summed E-state index contributed by atoms with van der Waals surface area (Å²) in [5.41, 5.74) is -0.0793. The van der Waals surface area contributed by atoms with Gasteiger partial charge in [0.25, 0.3) is 0 Å². The lowest BCUT2D eigenvalue weighted by molar-refractivity contribution is -0.147. The van der Waals surface area contributed by atoms with Crippen LogP contribution in [-0.2, 0) is 10.2 Å². The predicted octanol–water partition coefficient (Wildman–Crippen LogP) is 0.983. The normalized spacial score (nSPS) is 19.1. The fourth-order valence-corrected chi connectivity index (χ4v) is 1.68. The van der Waals surface area contributed by atoms with Crippen molar-refractivity contribution in [3.8, 4) is 0 Å². The van der Waals surface area contributed by atoms with Crippen LogP contribution >= 0.6 is 0 Å². The van der Waals surface area contributed by atoms with Crippen molar-refractivity contribution in [3.05, 3.63) is 24.3 Å². The van der Waals surface area contributed by atoms with E-state index in [9.17, 15) is 4.79 Å². The minimum absolute atomic E-state index is 0.640. The molecule has 1 aliphatic rings. The largest absolute Gasteiger partial charge is 0.481 e. The Kier molecular flexibility index (Phi) is 1.76. The average molecular weight is 178 g/mol. The number of aliphatic carboxylic acids is 1. The SMILES string of the molecule is O=C(O)C1(c2ccncn2)CCC1. The number of nitrogens with zero attached hydrogens (tertiary/aromatic N) is 2. The number of carboxylic acid groups (broad SMARTS) is 1. The molecule has 68 valence electrons. The van der Waals surface area contributed by atoms with Crippen LogP contribution < -0.4 is 0 Å². The van der Waals surface area contributed by atoms with Crippen molar-refractivity contribution in [1.29, 1.82) is 0 Å². The van der Waals surface area contributed by atoms with E-state index in [4.69, 9.17) is 5.11 Å². The minimum Gasteiger partial charge on any atom is -0.481 e. The maximum absolute atomic E-state index is 11.0. The van der Waals surface area contributed by atoms with Crippen LogP contribution in [0, 0.1) is 0 Å². The summed E-state index contributed by atoms with van der Waals surface area (Å²) in [5.74, 6) is -0.766. The Morgan fingerprint density at radius 2 is 2.31 bits per heavy atom. The number of rotatable bonds is 2. The van der Waals surface area contributed by atoms with Crippen molar-refractivity contribution in [1.82, 2.24) is 9.97 Å². The van der Waals surface area contributed by atoms with Crippen molar-refractivity contribution < 1.29 is 9.90 Å². The van der Waals surface area contributed by atoms with Crippen LogP contribution in [0.4, 0.5) is 0 Å². The van der Waals surface area contributed by atoms with E-state index in [1.165, 1.54) is 6.33 Å². The molecule has 0 aromatic carbocycles. The highest BCUT2D eigenvalue weighted by Crippen LogP contribution is 2.42. The highest BCUT2D eigenvalue weighted by molar-refractivity contribution is 5.81. The van der Waals surface area contributed by atoms with E-state index in [1.807, 2.05) is 0 Å². The maximum Gasteiger partial charge on any atom is 0.315 e. The Hall–Kier alpha value is -1.45. The third kappa shape index (κ3) is 1.09. The Bertz CT molecular complexity index is 320. The molecule has 2 rings (SSSR count). The van der Waals surface area contributed by atoms with Crippen molar-refractivity contribution in [2.75, 3.05) is 0 Å². The second-order valence-electron chi connectivity index (χ2n) is 3.34. The number of aromatic nitrogens is 2. The van der Waals surface area contributed by atoms with Crippen LogP contribution in [0.5, 0.6) is 0 Å². The highest BCUT2D eigenvalue weighted by Gasteiger charge is 2.47. The number of carboxylic acids is 1. The van der Waals surface area contributed by atoms with E-state index >= 15 is 0 Å². The molecule has 0 atom stereocenters. The van der Waals surface area contributed by atoms with Crippen LogP contribution in [0.25, 0.3) is 0 Å². The van der Waals surface area contributed by atoms with Gasteiger partial charge in [-0.15, -0.1) is 0 Å². The quantitative estimate of drug-likeness (QED) is 0.733. The summed E-state index contributed by atoms with van der Waals surface area (Å²) < 4.78 is 0. The predicted molar refractivity (Wildman–Crippen MR) is 45.2 cm³/mol. The Labute approximate surface area is 75.6 Å². The molecule has 1 aromatic rings. The summed E-state index contributed by atoms with van der Waals surface area (Å²) in [6.45, 7) is 0. The molecule has 1 aromatic heterocycles. The van der Waals surface area contributed by atoms with Crippen LogP contribution in [0.2, 0.25) is 0 Å². The van der Waals surface area contributed by atoms with Gasteiger partial charge >= 0.3 is 5.97 Å². The van der Waals surface area contributed by atoms with Crippen LogP contribution in [-0.4, -0.2) is 21.0 Å². The lowest BCUT2D eigenvalue weighted by Crippen LogP contribution is -2.43. The first kappa shape index (κ1) is 8.16. The van der Waals surface area contributed by atoms with Gasteiger partial charge in [0.05, 0.1) is 5.69 Å². The zero-order valence-electron chi connectivity index (χ0n) is 7.10. The van der Waals surface area contributed by atoms with Gasteiger partial charge in [-0.2, -0.15) is 0 Å². The Balaban J connectivity index is 2.38. The minimum atomic E-state index is -0.766. The molecule has 4 heteroatoms. The van der Waals surface area contributed by atoms with Gasteiger partial charge < -0.3 is 5.11 Å².